The Balaban J connectivity index is 3.52. The number of terminal acetylenes is 1. The van der Waals surface area contributed by atoms with E-state index in [1.165, 1.54) is 0 Å². The zero-order valence-electron chi connectivity index (χ0n) is 4.85. The van der Waals surface area contributed by atoms with Crippen LogP contribution in [-0.4, -0.2) is 5.91 Å². The molecule has 44 valence electrons. The summed E-state index contributed by atoms with van der Waals surface area (Å²) in [5, 5.41) is 0. The molecule has 0 saturated heterocycles. The van der Waals surface area contributed by atoms with E-state index < -0.39 is 0 Å². The molecule has 0 aliphatic carbocycles. The molecule has 0 unspecified atom stereocenters. The first kappa shape index (κ1) is 7.03. The molecule has 0 saturated carbocycles. The van der Waals surface area contributed by atoms with Crippen LogP contribution in [0, 0.1) is 18.3 Å². The number of amides is 1. The van der Waals surface area contributed by atoms with Gasteiger partial charge in [0.1, 0.15) is 0 Å². The molecule has 1 atom stereocenters. The van der Waals surface area contributed by atoms with E-state index in [1.807, 2.05) is 0 Å². The van der Waals surface area contributed by atoms with Gasteiger partial charge in [-0.15, -0.1) is 12.3 Å². The second-order valence-electron chi connectivity index (χ2n) is 1.71. The van der Waals surface area contributed by atoms with Crippen LogP contribution in [0.5, 0.6) is 0 Å². The van der Waals surface area contributed by atoms with Crippen LogP contribution in [0.3, 0.4) is 0 Å². The van der Waals surface area contributed by atoms with Crippen molar-refractivity contribution in [1.29, 1.82) is 0 Å². The van der Waals surface area contributed by atoms with Gasteiger partial charge in [-0.1, -0.05) is 6.92 Å². The first-order valence-electron chi connectivity index (χ1n) is 2.41. The molecule has 0 rings (SSSR count). The van der Waals surface area contributed by atoms with Crippen molar-refractivity contribution in [3.63, 3.8) is 0 Å². The summed E-state index contributed by atoms with van der Waals surface area (Å²) in [7, 11) is 0. The maximum atomic E-state index is 10.2. The van der Waals surface area contributed by atoms with E-state index in [1.54, 1.807) is 6.92 Å². The van der Waals surface area contributed by atoms with Gasteiger partial charge in [-0.05, 0) is 0 Å². The van der Waals surface area contributed by atoms with Gasteiger partial charge >= 0.3 is 0 Å². The van der Waals surface area contributed by atoms with Gasteiger partial charge in [-0.25, -0.2) is 0 Å². The standard InChI is InChI=1S/C6H9NO/c1-3-4-5(2)6(7)8/h1,5H,4H2,2H3,(H2,7,8)/t5-/m0/s1. The summed E-state index contributed by atoms with van der Waals surface area (Å²) < 4.78 is 0. The maximum absolute atomic E-state index is 10.2. The molecule has 1 amide bonds. The molecular formula is C6H9NO. The highest BCUT2D eigenvalue weighted by Crippen LogP contribution is 1.96. The van der Waals surface area contributed by atoms with E-state index in [9.17, 15) is 4.79 Å². The molecule has 0 heterocycles. The summed E-state index contributed by atoms with van der Waals surface area (Å²) in [6, 6.07) is 0. The van der Waals surface area contributed by atoms with Gasteiger partial charge in [0.05, 0.1) is 0 Å². The van der Waals surface area contributed by atoms with Crippen molar-refractivity contribution < 1.29 is 4.79 Å². The number of rotatable bonds is 2. The Morgan fingerprint density at radius 1 is 2.00 bits per heavy atom. The minimum Gasteiger partial charge on any atom is -0.369 e. The number of primary amides is 1. The predicted molar refractivity (Wildman–Crippen MR) is 31.8 cm³/mol. The zero-order valence-corrected chi connectivity index (χ0v) is 4.85. The van der Waals surface area contributed by atoms with Crippen molar-refractivity contribution >= 4 is 5.91 Å². The lowest BCUT2D eigenvalue weighted by molar-refractivity contribution is -0.121. The summed E-state index contributed by atoms with van der Waals surface area (Å²) in [4.78, 5) is 10.2. The predicted octanol–water partition coefficient (Wildman–Crippen LogP) is 0.131. The molecule has 0 spiro atoms. The molecule has 0 aliphatic rings. The van der Waals surface area contributed by atoms with Crippen molar-refractivity contribution in [3.8, 4) is 12.3 Å². The maximum Gasteiger partial charge on any atom is 0.221 e. The average molecular weight is 111 g/mol. The van der Waals surface area contributed by atoms with Crippen LogP contribution in [0.4, 0.5) is 0 Å². The van der Waals surface area contributed by atoms with E-state index >= 15 is 0 Å². The van der Waals surface area contributed by atoms with Crippen molar-refractivity contribution in [2.75, 3.05) is 0 Å². The molecule has 2 nitrogen and oxygen atoms in total. The summed E-state index contributed by atoms with van der Waals surface area (Å²) in [5.74, 6) is 1.84. The van der Waals surface area contributed by atoms with Crippen molar-refractivity contribution in [3.05, 3.63) is 0 Å². The second-order valence-corrected chi connectivity index (χ2v) is 1.71. The summed E-state index contributed by atoms with van der Waals surface area (Å²) >= 11 is 0. The molecule has 2 heteroatoms. The van der Waals surface area contributed by atoms with Crippen LogP contribution in [0.25, 0.3) is 0 Å². The van der Waals surface area contributed by atoms with Crippen molar-refractivity contribution in [2.45, 2.75) is 13.3 Å². The van der Waals surface area contributed by atoms with E-state index in [-0.39, 0.29) is 11.8 Å². The lowest BCUT2D eigenvalue weighted by Crippen LogP contribution is -2.19. The van der Waals surface area contributed by atoms with Crippen LogP contribution in [0.1, 0.15) is 13.3 Å². The van der Waals surface area contributed by atoms with Crippen molar-refractivity contribution in [1.82, 2.24) is 0 Å². The van der Waals surface area contributed by atoms with E-state index in [2.05, 4.69) is 5.92 Å². The van der Waals surface area contributed by atoms with Crippen LogP contribution in [0.15, 0.2) is 0 Å². The van der Waals surface area contributed by atoms with Gasteiger partial charge in [0.25, 0.3) is 0 Å². The SMILES string of the molecule is C#CC[C@H](C)C(N)=O. The fraction of sp³-hybridized carbons (Fsp3) is 0.500. The normalized spacial score (nSPS) is 12.0. The van der Waals surface area contributed by atoms with Crippen LogP contribution in [-0.2, 0) is 4.79 Å². The molecule has 0 bridgehead atoms. The minimum atomic E-state index is -0.331. The number of nitrogens with two attached hydrogens (primary N) is 1. The molecule has 0 aliphatic heterocycles. The molecule has 0 aromatic rings. The second kappa shape index (κ2) is 3.09. The lowest BCUT2D eigenvalue weighted by Gasteiger charge is -1.97. The monoisotopic (exact) mass is 111 g/mol. The third-order valence-corrected chi connectivity index (χ3v) is 0.910. The van der Waals surface area contributed by atoms with Crippen LogP contribution in [0.2, 0.25) is 0 Å². The van der Waals surface area contributed by atoms with Gasteiger partial charge in [-0.2, -0.15) is 0 Å². The Hall–Kier alpha value is -0.970. The highest BCUT2D eigenvalue weighted by Gasteiger charge is 2.04. The molecule has 0 aromatic carbocycles. The average Bonchev–Trinajstić information content (AvgIpc) is 1.67. The highest BCUT2D eigenvalue weighted by atomic mass is 16.1. The van der Waals surface area contributed by atoms with Crippen LogP contribution >= 0.6 is 0 Å². The molecule has 0 radical (unpaired) electrons. The van der Waals surface area contributed by atoms with Gasteiger partial charge in [0.15, 0.2) is 0 Å². The lowest BCUT2D eigenvalue weighted by atomic mass is 10.1. The number of carbonyl (C=O) groups is 1. The first-order valence-corrected chi connectivity index (χ1v) is 2.41. The number of carbonyl (C=O) groups excluding carboxylic acids is 1. The van der Waals surface area contributed by atoms with Gasteiger partial charge in [0, 0.05) is 12.3 Å². The summed E-state index contributed by atoms with van der Waals surface area (Å²) in [6.45, 7) is 1.71. The first-order chi connectivity index (χ1) is 3.68. The van der Waals surface area contributed by atoms with Gasteiger partial charge in [0.2, 0.25) is 5.91 Å². The fourth-order valence-corrected chi connectivity index (χ4v) is 0.277. The van der Waals surface area contributed by atoms with E-state index in [0.717, 1.165) is 0 Å². The Morgan fingerprint density at radius 2 is 2.50 bits per heavy atom. The van der Waals surface area contributed by atoms with Gasteiger partial charge < -0.3 is 5.73 Å². The quantitative estimate of drug-likeness (QED) is 0.506. The Kier molecular flexibility index (Phi) is 2.71. The topological polar surface area (TPSA) is 43.1 Å². The summed E-state index contributed by atoms with van der Waals surface area (Å²) in [5.41, 5.74) is 4.89. The third-order valence-electron chi connectivity index (χ3n) is 0.910. The zero-order chi connectivity index (χ0) is 6.57. The fourth-order valence-electron chi connectivity index (χ4n) is 0.277. The van der Waals surface area contributed by atoms with E-state index in [4.69, 9.17) is 12.2 Å². The molecule has 0 fully saturated rings. The third kappa shape index (κ3) is 2.25. The number of hydrogen-bond acceptors (Lipinski definition) is 1. The largest absolute Gasteiger partial charge is 0.369 e. The van der Waals surface area contributed by atoms with Gasteiger partial charge in [-0.3, -0.25) is 4.79 Å². The summed E-state index contributed by atoms with van der Waals surface area (Å²) in [6.07, 6.45) is 5.35. The number of hydrogen-bond donors (Lipinski definition) is 1. The highest BCUT2D eigenvalue weighted by molar-refractivity contribution is 5.76. The molecule has 0 aromatic heterocycles. The van der Waals surface area contributed by atoms with Crippen LogP contribution < -0.4 is 5.73 Å². The Morgan fingerprint density at radius 3 is 2.62 bits per heavy atom. The molecular weight excluding hydrogens is 102 g/mol. The minimum absolute atomic E-state index is 0.181. The Bertz CT molecular complexity index is 123. The van der Waals surface area contributed by atoms with E-state index in [0.29, 0.717) is 6.42 Å². The molecule has 8 heavy (non-hydrogen) atoms. The Labute approximate surface area is 49.1 Å². The smallest absolute Gasteiger partial charge is 0.221 e. The molecule has 2 N–H and O–H groups in total. The van der Waals surface area contributed by atoms with Crippen molar-refractivity contribution in [2.24, 2.45) is 11.7 Å².